The molecule has 12 heteroatoms. The average Bonchev–Trinajstić information content (AvgIpc) is 3.71. The van der Waals surface area contributed by atoms with Gasteiger partial charge in [0.05, 0.1) is 46.2 Å². The molecule has 12 nitrogen and oxygen atoms in total. The fraction of sp³-hybridized carbons (Fsp3) is 0.367. The van der Waals surface area contributed by atoms with Gasteiger partial charge in [0.1, 0.15) is 36.6 Å². The van der Waals surface area contributed by atoms with E-state index in [1.54, 1.807) is 7.11 Å². The highest BCUT2D eigenvalue weighted by Crippen LogP contribution is 2.38. The zero-order chi connectivity index (χ0) is 41.6. The van der Waals surface area contributed by atoms with Gasteiger partial charge in [-0.3, -0.25) is 0 Å². The lowest BCUT2D eigenvalue weighted by molar-refractivity contribution is -0.367. The van der Waals surface area contributed by atoms with Crippen molar-refractivity contribution in [1.29, 1.82) is 0 Å². The average molecular weight is 833 g/mol. The van der Waals surface area contributed by atoms with Crippen LogP contribution < -0.4 is 0 Å². The molecule has 8 rings (SSSR count). The second kappa shape index (κ2) is 21.7. The van der Waals surface area contributed by atoms with Gasteiger partial charge in [-0.25, -0.2) is 4.79 Å². The smallest absolute Gasteiger partial charge is 0.424 e. The van der Waals surface area contributed by atoms with Gasteiger partial charge in [-0.15, -0.1) is 0 Å². The maximum atomic E-state index is 13.0. The summed E-state index contributed by atoms with van der Waals surface area (Å²) >= 11 is 0. The third kappa shape index (κ3) is 11.5. The summed E-state index contributed by atoms with van der Waals surface area (Å²) in [4.78, 5) is 13.0. The molecule has 0 unspecified atom stereocenters. The van der Waals surface area contributed by atoms with Gasteiger partial charge in [-0.05, 0) is 27.8 Å². The summed E-state index contributed by atoms with van der Waals surface area (Å²) in [6, 6.07) is 49.2. The molecule has 5 aromatic carbocycles. The molecule has 3 fully saturated rings. The number of rotatable bonds is 20. The molecule has 61 heavy (non-hydrogen) atoms. The van der Waals surface area contributed by atoms with E-state index >= 15 is 0 Å². The second-order valence-corrected chi connectivity index (χ2v) is 15.1. The van der Waals surface area contributed by atoms with Gasteiger partial charge >= 0.3 is 6.16 Å². The van der Waals surface area contributed by atoms with Crippen LogP contribution in [-0.4, -0.2) is 87.9 Å². The van der Waals surface area contributed by atoms with Gasteiger partial charge in [0.2, 0.25) is 0 Å². The van der Waals surface area contributed by atoms with Gasteiger partial charge in [-0.1, -0.05) is 152 Å². The topological polar surface area (TPSA) is 119 Å². The number of carbonyl (C=O) groups excluding carboxylic acids is 1. The van der Waals surface area contributed by atoms with E-state index in [1.807, 2.05) is 152 Å². The van der Waals surface area contributed by atoms with Crippen molar-refractivity contribution in [3.05, 3.63) is 179 Å². The van der Waals surface area contributed by atoms with Gasteiger partial charge < -0.3 is 52.1 Å². The quantitative estimate of drug-likeness (QED) is 0.0721. The first-order valence-electron chi connectivity index (χ1n) is 20.7. The van der Waals surface area contributed by atoms with Crippen molar-refractivity contribution in [2.45, 2.75) is 94.4 Å². The highest BCUT2D eigenvalue weighted by molar-refractivity contribution is 5.63. The van der Waals surface area contributed by atoms with E-state index in [0.717, 1.165) is 27.8 Å². The van der Waals surface area contributed by atoms with E-state index in [0.29, 0.717) is 13.2 Å². The molecular weight excluding hydrogens is 781 g/mol. The molecule has 0 saturated carbocycles. The predicted molar refractivity (Wildman–Crippen MR) is 222 cm³/mol. The molecule has 5 aromatic rings. The van der Waals surface area contributed by atoms with Crippen molar-refractivity contribution in [1.82, 2.24) is 0 Å². The number of carbonyl (C=O) groups is 1. The summed E-state index contributed by atoms with van der Waals surface area (Å²) in [6.45, 7) is 1.69. The summed E-state index contributed by atoms with van der Waals surface area (Å²) in [5.74, 6) is 0. The van der Waals surface area contributed by atoms with Crippen LogP contribution in [0.1, 0.15) is 27.8 Å². The standard InChI is InChI=1S/C49H52O12/c1-51-47-45(59-48-46-44(60-49(50)61-46)42(55-30-37-23-13-5-14-24-37)40(58-48)33-53-28-35-19-9-3-10-20-35)43(56-31-38-25-15-6-16-26-38)41(54-29-36-21-11-4-12-22-36)39(57-47)32-52-27-34-17-7-2-8-18-34/h2-26,39-48H,27-33H2,1H3/t39-,40-,41-,42+,43+,44+,45-,46-,47+,48-/m1/s1. The molecule has 0 N–H and O–H groups in total. The minimum Gasteiger partial charge on any atom is -0.424 e. The van der Waals surface area contributed by atoms with Crippen molar-refractivity contribution in [3.8, 4) is 0 Å². The minimum atomic E-state index is -1.17. The Bertz CT molecular complexity index is 2030. The molecule has 0 aromatic heterocycles. The lowest BCUT2D eigenvalue weighted by Gasteiger charge is -2.48. The van der Waals surface area contributed by atoms with Crippen molar-refractivity contribution in [2.75, 3.05) is 20.3 Å². The Morgan fingerprint density at radius 2 is 0.803 bits per heavy atom. The molecule has 320 valence electrons. The Morgan fingerprint density at radius 1 is 0.426 bits per heavy atom. The molecular formula is C49H52O12. The van der Waals surface area contributed by atoms with Gasteiger partial charge in [0.25, 0.3) is 0 Å². The molecule has 3 saturated heterocycles. The van der Waals surface area contributed by atoms with Crippen LogP contribution in [-0.2, 0) is 85.1 Å². The number of methoxy groups -OCH3 is 1. The van der Waals surface area contributed by atoms with Crippen LogP contribution in [0.2, 0.25) is 0 Å². The van der Waals surface area contributed by atoms with Crippen molar-refractivity contribution < 1.29 is 56.9 Å². The van der Waals surface area contributed by atoms with E-state index < -0.39 is 67.6 Å². The highest BCUT2D eigenvalue weighted by atomic mass is 16.8. The van der Waals surface area contributed by atoms with Gasteiger partial charge in [-0.2, -0.15) is 0 Å². The maximum Gasteiger partial charge on any atom is 0.509 e. The molecule has 3 aliphatic rings. The molecule has 0 aliphatic carbocycles. The summed E-state index contributed by atoms with van der Waals surface area (Å²) in [6.07, 6.45) is -9.53. The molecule has 0 amide bonds. The fourth-order valence-electron chi connectivity index (χ4n) is 7.76. The maximum absolute atomic E-state index is 13.0. The Hall–Kier alpha value is -4.99. The van der Waals surface area contributed by atoms with Crippen LogP contribution in [0.15, 0.2) is 152 Å². The number of hydrogen-bond acceptors (Lipinski definition) is 12. The molecule has 0 spiro atoms. The summed E-state index contributed by atoms with van der Waals surface area (Å²) < 4.78 is 70.6. The van der Waals surface area contributed by atoms with Gasteiger partial charge in [0, 0.05) is 7.11 Å². The lowest BCUT2D eigenvalue weighted by atomic mass is 9.96. The Kier molecular flexibility index (Phi) is 15.2. The van der Waals surface area contributed by atoms with Crippen LogP contribution in [0.4, 0.5) is 4.79 Å². The minimum absolute atomic E-state index is 0.0986. The SMILES string of the molecule is CO[C@H]1O[C@H](COCc2ccccc2)[C@@H](OCc2ccccc2)[C@H](OCc2ccccc2)[C@H]1O[C@H]1O[C@H](COCc2ccccc2)[C@H](OCc2ccccc2)[C@@H]2OC(=O)O[C@@H]12. The molecule has 0 radical (unpaired) electrons. The number of ether oxygens (including phenoxy) is 11. The lowest BCUT2D eigenvalue weighted by Crippen LogP contribution is -2.65. The normalized spacial score (nSPS) is 27.2. The molecule has 0 bridgehead atoms. The van der Waals surface area contributed by atoms with Crippen LogP contribution in [0.25, 0.3) is 0 Å². The zero-order valence-electron chi connectivity index (χ0n) is 34.1. The Balaban J connectivity index is 1.08. The van der Waals surface area contributed by atoms with Crippen molar-refractivity contribution in [3.63, 3.8) is 0 Å². The first-order valence-corrected chi connectivity index (χ1v) is 20.7. The highest BCUT2D eigenvalue weighted by Gasteiger charge is 2.58. The third-order valence-electron chi connectivity index (χ3n) is 10.8. The largest absolute Gasteiger partial charge is 0.509 e. The van der Waals surface area contributed by atoms with Gasteiger partial charge in [0.15, 0.2) is 24.8 Å². The third-order valence-corrected chi connectivity index (χ3v) is 10.8. The van der Waals surface area contributed by atoms with Crippen LogP contribution in [0.5, 0.6) is 0 Å². The fourth-order valence-corrected chi connectivity index (χ4v) is 7.76. The number of benzene rings is 5. The first-order chi connectivity index (χ1) is 30.1. The van der Waals surface area contributed by atoms with E-state index in [2.05, 4.69) is 0 Å². The Morgan fingerprint density at radius 3 is 1.26 bits per heavy atom. The predicted octanol–water partition coefficient (Wildman–Crippen LogP) is 7.56. The zero-order valence-corrected chi connectivity index (χ0v) is 34.1. The van der Waals surface area contributed by atoms with E-state index in [4.69, 9.17) is 52.1 Å². The number of fused-ring (bicyclic) bond motifs is 1. The summed E-state index contributed by atoms with van der Waals surface area (Å²) in [7, 11) is 1.54. The molecule has 10 atom stereocenters. The summed E-state index contributed by atoms with van der Waals surface area (Å²) in [5.41, 5.74) is 4.86. The number of hydrogen-bond donors (Lipinski definition) is 0. The van der Waals surface area contributed by atoms with Crippen molar-refractivity contribution >= 4 is 6.16 Å². The van der Waals surface area contributed by atoms with Crippen LogP contribution >= 0.6 is 0 Å². The Labute approximate surface area is 356 Å². The van der Waals surface area contributed by atoms with Crippen LogP contribution in [0.3, 0.4) is 0 Å². The summed E-state index contributed by atoms with van der Waals surface area (Å²) in [5, 5.41) is 0. The second-order valence-electron chi connectivity index (χ2n) is 15.1. The van der Waals surface area contributed by atoms with Crippen molar-refractivity contribution in [2.24, 2.45) is 0 Å². The van der Waals surface area contributed by atoms with Crippen LogP contribution in [0, 0.1) is 0 Å². The first kappa shape index (κ1) is 42.7. The van der Waals surface area contributed by atoms with E-state index in [-0.39, 0.29) is 33.0 Å². The van der Waals surface area contributed by atoms with E-state index in [9.17, 15) is 4.79 Å². The molecule has 3 heterocycles. The van der Waals surface area contributed by atoms with E-state index in [1.165, 1.54) is 0 Å². The molecule has 3 aliphatic heterocycles. The monoisotopic (exact) mass is 832 g/mol.